The van der Waals surface area contributed by atoms with Gasteiger partial charge in [-0.15, -0.1) is 0 Å². The van der Waals surface area contributed by atoms with Gasteiger partial charge in [-0.1, -0.05) is 0 Å². The number of hydrogen-bond acceptors (Lipinski definition) is 4. The summed E-state index contributed by atoms with van der Waals surface area (Å²) in [6.45, 7) is 12.4. The summed E-state index contributed by atoms with van der Waals surface area (Å²) in [5.74, 6) is 0.837. The normalized spacial score (nSPS) is 32.0. The van der Waals surface area contributed by atoms with Gasteiger partial charge in [-0.3, -0.25) is 19.7 Å². The fourth-order valence-electron chi connectivity index (χ4n) is 4.04. The van der Waals surface area contributed by atoms with Gasteiger partial charge in [-0.2, -0.15) is 13.2 Å². The van der Waals surface area contributed by atoms with E-state index in [0.717, 1.165) is 51.8 Å². The first-order chi connectivity index (χ1) is 12.4. The molecule has 0 spiro atoms. The van der Waals surface area contributed by atoms with Crippen molar-refractivity contribution in [3.8, 4) is 0 Å². The van der Waals surface area contributed by atoms with Gasteiger partial charge in [0.05, 0.1) is 6.54 Å². The Hall–Kier alpha value is -1.06. The fourth-order valence-corrected chi connectivity index (χ4v) is 4.04. The van der Waals surface area contributed by atoms with Crippen LogP contribution in [0.15, 0.2) is 4.99 Å². The average molecular weight is 376 g/mol. The lowest BCUT2D eigenvalue weighted by Crippen LogP contribution is -2.62. The summed E-state index contributed by atoms with van der Waals surface area (Å²) < 4.78 is 38.7. The van der Waals surface area contributed by atoms with Crippen LogP contribution in [0.1, 0.15) is 13.8 Å². The van der Waals surface area contributed by atoms with Crippen LogP contribution < -0.4 is 5.32 Å². The second kappa shape index (κ2) is 8.31. The number of guanidine groups is 1. The van der Waals surface area contributed by atoms with Crippen LogP contribution in [0.3, 0.4) is 0 Å². The van der Waals surface area contributed by atoms with Crippen molar-refractivity contribution >= 4 is 5.96 Å². The van der Waals surface area contributed by atoms with Crippen molar-refractivity contribution in [3.63, 3.8) is 0 Å². The van der Waals surface area contributed by atoms with Crippen LogP contribution in [0.5, 0.6) is 0 Å². The van der Waals surface area contributed by atoms with Gasteiger partial charge in [0.2, 0.25) is 0 Å². The number of aliphatic imine (C=N–C) groups is 1. The van der Waals surface area contributed by atoms with E-state index in [9.17, 15) is 13.2 Å². The van der Waals surface area contributed by atoms with E-state index in [4.69, 9.17) is 4.99 Å². The molecule has 0 aromatic heterocycles. The second-order valence-corrected chi connectivity index (χ2v) is 7.43. The van der Waals surface area contributed by atoms with Crippen molar-refractivity contribution in [2.45, 2.75) is 32.1 Å². The molecule has 0 radical (unpaired) electrons. The van der Waals surface area contributed by atoms with Crippen molar-refractivity contribution in [3.05, 3.63) is 0 Å². The quantitative estimate of drug-likeness (QED) is 0.572. The van der Waals surface area contributed by atoms with E-state index in [0.29, 0.717) is 32.2 Å². The number of alkyl halides is 3. The van der Waals surface area contributed by atoms with E-state index in [1.54, 1.807) is 0 Å². The number of nitrogens with one attached hydrogen (secondary N) is 1. The Labute approximate surface area is 154 Å². The maximum Gasteiger partial charge on any atom is 0.403 e. The lowest BCUT2D eigenvalue weighted by atomic mass is 10.1. The molecule has 2 bridgehead atoms. The zero-order chi connectivity index (χ0) is 18.7. The largest absolute Gasteiger partial charge is 0.403 e. The molecule has 26 heavy (non-hydrogen) atoms. The summed E-state index contributed by atoms with van der Waals surface area (Å²) in [6, 6.07) is -0.929. The third-order valence-electron chi connectivity index (χ3n) is 5.81. The fraction of sp³-hybridized carbons (Fsp3) is 0.941. The molecule has 2 unspecified atom stereocenters. The van der Waals surface area contributed by atoms with Crippen LogP contribution in [0.4, 0.5) is 13.2 Å². The molecule has 4 fully saturated rings. The molecule has 6 nitrogen and oxygen atoms in total. The Balaban J connectivity index is 1.55. The predicted molar refractivity (Wildman–Crippen MR) is 96.4 cm³/mol. The molecule has 0 aromatic carbocycles. The molecule has 0 aromatic rings. The van der Waals surface area contributed by atoms with Crippen molar-refractivity contribution in [1.82, 2.24) is 24.9 Å². The highest BCUT2D eigenvalue weighted by molar-refractivity contribution is 5.80. The highest BCUT2D eigenvalue weighted by Gasteiger charge is 2.41. The Morgan fingerprint density at radius 1 is 1.08 bits per heavy atom. The summed E-state index contributed by atoms with van der Waals surface area (Å²) in [5.41, 5.74) is 0. The van der Waals surface area contributed by atoms with E-state index in [1.165, 1.54) is 11.8 Å². The Morgan fingerprint density at radius 2 is 1.73 bits per heavy atom. The standard InChI is InChI=1S/C17H31F3N6/c1-3-21-16(22-12-15-13-23-4-6-25(15)7-5-23)26-10-8-24(9-11-26)14(2)17(18,19)20/h14-15H,3-13H2,1-2H3,(H,21,22). The van der Waals surface area contributed by atoms with Crippen molar-refractivity contribution in [2.75, 3.05) is 72.0 Å². The van der Waals surface area contributed by atoms with E-state index in [1.807, 2.05) is 6.92 Å². The predicted octanol–water partition coefficient (Wildman–Crippen LogP) is 0.520. The van der Waals surface area contributed by atoms with Crippen LogP contribution in [-0.2, 0) is 0 Å². The van der Waals surface area contributed by atoms with E-state index in [2.05, 4.69) is 20.0 Å². The van der Waals surface area contributed by atoms with Gasteiger partial charge in [0.25, 0.3) is 0 Å². The Morgan fingerprint density at radius 3 is 2.23 bits per heavy atom. The molecule has 2 atom stereocenters. The summed E-state index contributed by atoms with van der Waals surface area (Å²) in [7, 11) is 0. The molecule has 1 N–H and O–H groups in total. The maximum absolute atomic E-state index is 12.9. The molecule has 0 saturated carbocycles. The molecule has 4 aliphatic heterocycles. The topological polar surface area (TPSA) is 37.4 Å². The lowest BCUT2D eigenvalue weighted by molar-refractivity contribution is -0.181. The average Bonchev–Trinajstić information content (AvgIpc) is 2.65. The Bertz CT molecular complexity index is 481. The summed E-state index contributed by atoms with van der Waals surface area (Å²) in [4.78, 5) is 13.4. The molecule has 4 saturated heterocycles. The molecule has 4 rings (SSSR count). The minimum atomic E-state index is -4.16. The number of fused-ring (bicyclic) bond motifs is 3. The molecule has 150 valence electrons. The molecule has 9 heteroatoms. The SMILES string of the molecule is CCNC(=NCC1CN2CCN1CC2)N1CCN(C(C)C(F)(F)F)CC1. The monoisotopic (exact) mass is 376 g/mol. The minimum absolute atomic E-state index is 0.411. The number of nitrogens with zero attached hydrogens (tertiary/aromatic N) is 5. The summed E-state index contributed by atoms with van der Waals surface area (Å²) >= 11 is 0. The highest BCUT2D eigenvalue weighted by atomic mass is 19.4. The number of halogens is 3. The first-order valence-electron chi connectivity index (χ1n) is 9.69. The molecule has 0 amide bonds. The van der Waals surface area contributed by atoms with Crippen LogP contribution >= 0.6 is 0 Å². The van der Waals surface area contributed by atoms with Gasteiger partial charge < -0.3 is 10.2 Å². The highest BCUT2D eigenvalue weighted by Crippen LogP contribution is 2.25. The van der Waals surface area contributed by atoms with Crippen LogP contribution in [-0.4, -0.2) is 116 Å². The third-order valence-corrected chi connectivity index (χ3v) is 5.81. The van der Waals surface area contributed by atoms with Gasteiger partial charge >= 0.3 is 6.18 Å². The van der Waals surface area contributed by atoms with Crippen LogP contribution in [0, 0.1) is 0 Å². The van der Waals surface area contributed by atoms with Crippen molar-refractivity contribution < 1.29 is 13.2 Å². The molecule has 4 heterocycles. The number of hydrogen-bond donors (Lipinski definition) is 1. The van der Waals surface area contributed by atoms with Gasteiger partial charge in [0.15, 0.2) is 5.96 Å². The van der Waals surface area contributed by atoms with Crippen molar-refractivity contribution in [1.29, 1.82) is 0 Å². The van der Waals surface area contributed by atoms with Gasteiger partial charge in [-0.25, -0.2) is 0 Å². The minimum Gasteiger partial charge on any atom is -0.357 e. The zero-order valence-electron chi connectivity index (χ0n) is 15.8. The van der Waals surface area contributed by atoms with E-state index < -0.39 is 12.2 Å². The number of piperazine rings is 4. The van der Waals surface area contributed by atoms with Crippen LogP contribution in [0.25, 0.3) is 0 Å². The summed E-state index contributed by atoms with van der Waals surface area (Å²) in [6.07, 6.45) is -4.16. The third kappa shape index (κ3) is 4.61. The number of rotatable bonds is 4. The first kappa shape index (κ1) is 19.7. The second-order valence-electron chi connectivity index (χ2n) is 7.43. The summed E-state index contributed by atoms with van der Waals surface area (Å²) in [5, 5.41) is 3.31. The van der Waals surface area contributed by atoms with Gasteiger partial charge in [0.1, 0.15) is 6.04 Å². The zero-order valence-corrected chi connectivity index (χ0v) is 15.8. The maximum atomic E-state index is 12.9. The lowest BCUT2D eigenvalue weighted by Gasteiger charge is -2.47. The van der Waals surface area contributed by atoms with Gasteiger partial charge in [-0.05, 0) is 13.8 Å². The van der Waals surface area contributed by atoms with Crippen LogP contribution in [0.2, 0.25) is 0 Å². The van der Waals surface area contributed by atoms with E-state index in [-0.39, 0.29) is 0 Å². The smallest absolute Gasteiger partial charge is 0.357 e. The molecular formula is C17H31F3N6. The Kier molecular flexibility index (Phi) is 6.29. The van der Waals surface area contributed by atoms with Crippen molar-refractivity contribution in [2.24, 2.45) is 4.99 Å². The van der Waals surface area contributed by atoms with E-state index >= 15 is 0 Å². The molecule has 0 aliphatic carbocycles. The molecule has 4 aliphatic rings. The van der Waals surface area contributed by atoms with Gasteiger partial charge in [0, 0.05) is 71.5 Å². The first-order valence-corrected chi connectivity index (χ1v) is 9.69. The molecular weight excluding hydrogens is 345 g/mol.